The summed E-state index contributed by atoms with van der Waals surface area (Å²) >= 11 is 0. The lowest BCUT2D eigenvalue weighted by molar-refractivity contribution is 0.599. The molecule has 6 nitrogen and oxygen atoms in total. The first-order valence-electron chi connectivity index (χ1n) is 7.15. The summed E-state index contributed by atoms with van der Waals surface area (Å²) < 4.78 is 42.9. The summed E-state index contributed by atoms with van der Waals surface area (Å²) in [5.41, 5.74) is 0.149. The summed E-state index contributed by atoms with van der Waals surface area (Å²) in [6, 6.07) is 12.4. The highest BCUT2D eigenvalue weighted by Crippen LogP contribution is 2.25. The van der Waals surface area contributed by atoms with Gasteiger partial charge in [-0.3, -0.25) is 9.52 Å². The molecule has 0 aliphatic carbocycles. The Morgan fingerprint density at radius 2 is 1.76 bits per heavy atom. The van der Waals surface area contributed by atoms with Crippen LogP contribution in [-0.4, -0.2) is 13.0 Å². The van der Waals surface area contributed by atoms with Crippen molar-refractivity contribution in [2.24, 2.45) is 7.05 Å². The van der Waals surface area contributed by atoms with Gasteiger partial charge >= 0.3 is 0 Å². The lowest BCUT2D eigenvalue weighted by Crippen LogP contribution is -2.17. The molecule has 1 heterocycles. The lowest BCUT2D eigenvalue weighted by Gasteiger charge is -2.12. The number of rotatable bonds is 3. The van der Waals surface area contributed by atoms with Gasteiger partial charge in [0.05, 0.1) is 27.7 Å². The van der Waals surface area contributed by atoms with Crippen molar-refractivity contribution in [3.63, 3.8) is 0 Å². The molecule has 2 aromatic carbocycles. The molecule has 0 unspecified atom stereocenters. The molecular formula is C17H12FN3O3S. The summed E-state index contributed by atoms with van der Waals surface area (Å²) in [5, 5.41) is 8.88. The standard InChI is InChI=1S/C17H12FN3O3S/c1-21-15-8-7-14(17(18)13(15)6-9-16(21)22)20-25(23,24)12-4-2-11(10-19)3-5-12/h2-9,20H,1H3. The molecule has 3 rings (SSSR count). The minimum absolute atomic E-state index is 0.0912. The van der Waals surface area contributed by atoms with Crippen molar-refractivity contribution >= 4 is 26.6 Å². The zero-order valence-corrected chi connectivity index (χ0v) is 13.8. The number of nitrogens with zero attached hydrogens (tertiary/aromatic N) is 2. The first-order valence-corrected chi connectivity index (χ1v) is 8.63. The summed E-state index contributed by atoms with van der Waals surface area (Å²) in [7, 11) is -2.51. The Labute approximate surface area is 142 Å². The SMILES string of the molecule is Cn1c(=O)ccc2c(F)c(NS(=O)(=O)c3ccc(C#N)cc3)ccc21. The number of aromatic nitrogens is 1. The van der Waals surface area contributed by atoms with Gasteiger partial charge in [0.1, 0.15) is 0 Å². The van der Waals surface area contributed by atoms with Crippen molar-refractivity contribution in [2.45, 2.75) is 4.90 Å². The molecule has 0 atom stereocenters. The molecular weight excluding hydrogens is 345 g/mol. The number of nitriles is 1. The third kappa shape index (κ3) is 2.97. The molecule has 0 aliphatic rings. The van der Waals surface area contributed by atoms with Crippen LogP contribution in [0.3, 0.4) is 0 Å². The van der Waals surface area contributed by atoms with Crippen molar-refractivity contribution in [3.8, 4) is 6.07 Å². The molecule has 3 aromatic rings. The van der Waals surface area contributed by atoms with Crippen LogP contribution in [0, 0.1) is 17.1 Å². The van der Waals surface area contributed by atoms with Crippen molar-refractivity contribution in [3.05, 3.63) is 70.3 Å². The predicted octanol–water partition coefficient (Wildman–Crippen LogP) is 2.35. The number of nitrogens with one attached hydrogen (secondary N) is 1. The van der Waals surface area contributed by atoms with Crippen molar-refractivity contribution in [1.82, 2.24) is 4.57 Å². The van der Waals surface area contributed by atoms with Crippen LogP contribution in [-0.2, 0) is 17.1 Å². The van der Waals surface area contributed by atoms with E-state index in [1.807, 2.05) is 6.07 Å². The molecule has 0 amide bonds. The highest BCUT2D eigenvalue weighted by molar-refractivity contribution is 7.92. The Morgan fingerprint density at radius 3 is 2.40 bits per heavy atom. The average molecular weight is 357 g/mol. The molecule has 1 N–H and O–H groups in total. The molecule has 0 spiro atoms. The molecule has 0 fully saturated rings. The zero-order valence-electron chi connectivity index (χ0n) is 13.0. The molecule has 0 aliphatic heterocycles. The predicted molar refractivity (Wildman–Crippen MR) is 91.1 cm³/mol. The molecule has 0 radical (unpaired) electrons. The second kappa shape index (κ2) is 6.03. The maximum Gasteiger partial charge on any atom is 0.261 e. The number of benzene rings is 2. The quantitative estimate of drug-likeness (QED) is 0.779. The maximum absolute atomic E-state index is 14.7. The number of aryl methyl sites for hydroxylation is 1. The number of halogens is 1. The van der Waals surface area contributed by atoms with E-state index in [0.717, 1.165) is 0 Å². The Morgan fingerprint density at radius 1 is 1.08 bits per heavy atom. The van der Waals surface area contributed by atoms with Crippen LogP contribution in [0.4, 0.5) is 10.1 Å². The van der Waals surface area contributed by atoms with Gasteiger partial charge in [0.25, 0.3) is 15.6 Å². The van der Waals surface area contributed by atoms with E-state index < -0.39 is 15.8 Å². The highest BCUT2D eigenvalue weighted by atomic mass is 32.2. The molecule has 0 bridgehead atoms. The average Bonchev–Trinajstić information content (AvgIpc) is 2.60. The highest BCUT2D eigenvalue weighted by Gasteiger charge is 2.18. The Kier molecular flexibility index (Phi) is 4.02. The second-order valence-corrected chi connectivity index (χ2v) is 7.01. The fraction of sp³-hybridized carbons (Fsp3) is 0.0588. The van der Waals surface area contributed by atoms with Crippen LogP contribution in [0.15, 0.2) is 58.2 Å². The first kappa shape index (κ1) is 16.7. The van der Waals surface area contributed by atoms with E-state index in [1.54, 1.807) is 0 Å². The van der Waals surface area contributed by atoms with Gasteiger partial charge < -0.3 is 4.57 Å². The Hall–Kier alpha value is -3.18. The van der Waals surface area contributed by atoms with Crippen molar-refractivity contribution < 1.29 is 12.8 Å². The van der Waals surface area contributed by atoms with Gasteiger partial charge in [-0.05, 0) is 42.5 Å². The smallest absolute Gasteiger partial charge is 0.261 e. The van der Waals surface area contributed by atoms with Crippen molar-refractivity contribution in [2.75, 3.05) is 4.72 Å². The largest absolute Gasteiger partial charge is 0.311 e. The number of anilines is 1. The van der Waals surface area contributed by atoms with E-state index in [2.05, 4.69) is 4.72 Å². The van der Waals surface area contributed by atoms with Crippen LogP contribution in [0.2, 0.25) is 0 Å². The van der Waals surface area contributed by atoms with Gasteiger partial charge in [0.2, 0.25) is 0 Å². The molecule has 0 saturated carbocycles. The summed E-state index contributed by atoms with van der Waals surface area (Å²) in [4.78, 5) is 11.5. The van der Waals surface area contributed by atoms with E-state index in [1.165, 1.54) is 60.1 Å². The third-order valence-corrected chi connectivity index (χ3v) is 5.16. The lowest BCUT2D eigenvalue weighted by atomic mass is 10.2. The molecule has 8 heteroatoms. The number of sulfonamides is 1. The minimum Gasteiger partial charge on any atom is -0.311 e. The van der Waals surface area contributed by atoms with Gasteiger partial charge in [-0.2, -0.15) is 5.26 Å². The molecule has 25 heavy (non-hydrogen) atoms. The Balaban J connectivity index is 2.05. The molecule has 126 valence electrons. The molecule has 1 aromatic heterocycles. The van der Waals surface area contributed by atoms with Gasteiger partial charge in [0.15, 0.2) is 5.82 Å². The van der Waals surface area contributed by atoms with Crippen LogP contribution in [0.25, 0.3) is 10.9 Å². The zero-order chi connectivity index (χ0) is 18.2. The topological polar surface area (TPSA) is 92.0 Å². The number of pyridine rings is 1. The Bertz CT molecular complexity index is 1180. The van der Waals surface area contributed by atoms with Crippen molar-refractivity contribution in [1.29, 1.82) is 5.26 Å². The van der Waals surface area contributed by atoms with Gasteiger partial charge in [-0.15, -0.1) is 0 Å². The van der Waals surface area contributed by atoms with E-state index >= 15 is 0 Å². The van der Waals surface area contributed by atoms with E-state index in [-0.39, 0.29) is 21.5 Å². The maximum atomic E-state index is 14.7. The molecule has 0 saturated heterocycles. The summed E-state index contributed by atoms with van der Waals surface area (Å²) in [5.74, 6) is -0.773. The minimum atomic E-state index is -4.02. The van der Waals surface area contributed by atoms with E-state index in [9.17, 15) is 17.6 Å². The third-order valence-electron chi connectivity index (χ3n) is 3.78. The van der Waals surface area contributed by atoms with Crippen LogP contribution >= 0.6 is 0 Å². The van der Waals surface area contributed by atoms with Crippen LogP contribution in [0.5, 0.6) is 0 Å². The number of hydrogen-bond donors (Lipinski definition) is 1. The van der Waals surface area contributed by atoms with E-state index in [4.69, 9.17) is 5.26 Å². The first-order chi connectivity index (χ1) is 11.8. The number of hydrogen-bond acceptors (Lipinski definition) is 4. The summed E-state index contributed by atoms with van der Waals surface area (Å²) in [6.45, 7) is 0. The van der Waals surface area contributed by atoms with E-state index in [0.29, 0.717) is 11.1 Å². The summed E-state index contributed by atoms with van der Waals surface area (Å²) in [6.07, 6.45) is 0. The van der Waals surface area contributed by atoms with Gasteiger partial charge in [-0.1, -0.05) is 0 Å². The fourth-order valence-corrected chi connectivity index (χ4v) is 3.47. The number of fused-ring (bicyclic) bond motifs is 1. The van der Waals surface area contributed by atoms with Gasteiger partial charge in [0, 0.05) is 18.5 Å². The van der Waals surface area contributed by atoms with Gasteiger partial charge in [-0.25, -0.2) is 12.8 Å². The fourth-order valence-electron chi connectivity index (χ4n) is 2.41. The monoisotopic (exact) mass is 357 g/mol. The van der Waals surface area contributed by atoms with Crippen LogP contribution in [0.1, 0.15) is 5.56 Å². The normalized spacial score (nSPS) is 11.2. The second-order valence-electron chi connectivity index (χ2n) is 5.33. The van der Waals surface area contributed by atoms with Crippen LogP contribution < -0.4 is 10.3 Å².